The third kappa shape index (κ3) is 4.26. The van der Waals surface area contributed by atoms with E-state index in [1.54, 1.807) is 32.0 Å². The van der Waals surface area contributed by atoms with Crippen LogP contribution in [0.4, 0.5) is 0 Å². The highest BCUT2D eigenvalue weighted by Crippen LogP contribution is 2.43. The second-order valence-corrected chi connectivity index (χ2v) is 6.60. The number of allylic oxidation sites excluding steroid dienone is 2. The molecule has 8 heteroatoms. The molecule has 0 spiro atoms. The lowest BCUT2D eigenvalue weighted by molar-refractivity contribution is -0.139. The molecule has 2 rings (SSSR count). The van der Waals surface area contributed by atoms with E-state index in [0.717, 1.165) is 0 Å². The number of methoxy groups -OCH3 is 1. The summed E-state index contributed by atoms with van der Waals surface area (Å²) in [6.45, 7) is 3.35. The number of carbonyl (C=O) groups is 2. The highest BCUT2D eigenvalue weighted by Gasteiger charge is 2.39. The van der Waals surface area contributed by atoms with Crippen LogP contribution in [0.3, 0.4) is 0 Å². The quantitative estimate of drug-likeness (QED) is 0.587. The van der Waals surface area contributed by atoms with Crippen molar-refractivity contribution in [1.29, 1.82) is 5.26 Å². The van der Waals surface area contributed by atoms with Gasteiger partial charge < -0.3 is 14.8 Å². The Bertz CT molecular complexity index is 884. The minimum atomic E-state index is -0.820. The Morgan fingerprint density at radius 1 is 1.19 bits per heavy atom. The molecule has 1 aliphatic heterocycles. The molecule has 0 unspecified atom stereocenters. The van der Waals surface area contributed by atoms with Crippen LogP contribution in [0.25, 0.3) is 0 Å². The van der Waals surface area contributed by atoms with Gasteiger partial charge >= 0.3 is 11.9 Å². The third-order valence-electron chi connectivity index (χ3n) is 4.13. The third-order valence-corrected chi connectivity index (χ3v) is 4.96. The molecule has 1 aliphatic rings. The largest absolute Gasteiger partial charge is 0.466 e. The molecule has 0 aliphatic carbocycles. The Labute approximate surface area is 167 Å². The molecule has 1 aromatic rings. The van der Waals surface area contributed by atoms with E-state index in [1.165, 1.54) is 7.11 Å². The number of hydrogen-bond acceptors (Lipinski definition) is 6. The van der Waals surface area contributed by atoms with Gasteiger partial charge in [-0.05, 0) is 25.5 Å². The van der Waals surface area contributed by atoms with Crippen molar-refractivity contribution < 1.29 is 19.1 Å². The molecular weight excluding hydrogens is 391 g/mol. The van der Waals surface area contributed by atoms with Gasteiger partial charge in [-0.2, -0.15) is 5.26 Å². The van der Waals surface area contributed by atoms with Crippen LogP contribution in [0.2, 0.25) is 10.0 Å². The lowest BCUT2D eigenvalue weighted by Gasteiger charge is -2.30. The molecule has 0 amide bonds. The number of nitrogens with one attached hydrogen (secondary N) is 1. The first-order valence-corrected chi connectivity index (χ1v) is 8.83. The fourth-order valence-corrected chi connectivity index (χ4v) is 3.38. The van der Waals surface area contributed by atoms with E-state index in [2.05, 4.69) is 5.32 Å². The lowest BCUT2D eigenvalue weighted by atomic mass is 9.80. The van der Waals surface area contributed by atoms with E-state index >= 15 is 0 Å². The number of rotatable bonds is 5. The van der Waals surface area contributed by atoms with Crippen LogP contribution < -0.4 is 5.32 Å². The van der Waals surface area contributed by atoms with E-state index < -0.39 is 17.9 Å². The molecule has 0 radical (unpaired) electrons. The van der Waals surface area contributed by atoms with E-state index in [-0.39, 0.29) is 29.2 Å². The molecular formula is C19H18Cl2N2O4. The Kier molecular flexibility index (Phi) is 6.89. The molecule has 27 heavy (non-hydrogen) atoms. The Morgan fingerprint density at radius 3 is 2.41 bits per heavy atom. The van der Waals surface area contributed by atoms with Gasteiger partial charge in [-0.3, -0.25) is 0 Å². The molecule has 6 nitrogen and oxygen atoms in total. The minimum absolute atomic E-state index is 0.0572. The standard InChI is InChI=1S/C19H18Cl2N2O4/c1-10-14(18(24)26-3)16(12-6-4-7-13(20)17(12)21)15(11(2)23-10)19(25)27-9-5-8-22/h4,6-7,16,23H,5,9H2,1-3H3/t16-/m0/s1. The Morgan fingerprint density at radius 2 is 1.81 bits per heavy atom. The second-order valence-electron chi connectivity index (χ2n) is 5.81. The summed E-state index contributed by atoms with van der Waals surface area (Å²) in [6, 6.07) is 6.90. The van der Waals surface area contributed by atoms with Crippen molar-refractivity contribution in [3.63, 3.8) is 0 Å². The van der Waals surface area contributed by atoms with E-state index in [0.29, 0.717) is 22.0 Å². The van der Waals surface area contributed by atoms with Crippen molar-refractivity contribution in [2.24, 2.45) is 0 Å². The van der Waals surface area contributed by atoms with Crippen molar-refractivity contribution in [2.75, 3.05) is 13.7 Å². The topological polar surface area (TPSA) is 88.4 Å². The lowest BCUT2D eigenvalue weighted by Crippen LogP contribution is -2.32. The molecule has 0 saturated heterocycles. The summed E-state index contributed by atoms with van der Waals surface area (Å²) < 4.78 is 10.1. The van der Waals surface area contributed by atoms with Crippen molar-refractivity contribution in [3.05, 3.63) is 56.3 Å². The van der Waals surface area contributed by atoms with E-state index in [1.807, 2.05) is 6.07 Å². The van der Waals surface area contributed by atoms with Crippen LogP contribution in [-0.4, -0.2) is 25.7 Å². The number of halogens is 2. The second kappa shape index (κ2) is 8.94. The smallest absolute Gasteiger partial charge is 0.336 e. The molecule has 0 aromatic heterocycles. The maximum atomic E-state index is 12.7. The first-order chi connectivity index (χ1) is 12.8. The summed E-state index contributed by atoms with van der Waals surface area (Å²) in [5.41, 5.74) is 1.98. The van der Waals surface area contributed by atoms with Crippen molar-refractivity contribution >= 4 is 35.1 Å². The van der Waals surface area contributed by atoms with Gasteiger partial charge in [0.15, 0.2) is 0 Å². The van der Waals surface area contributed by atoms with Gasteiger partial charge in [-0.1, -0.05) is 35.3 Å². The fourth-order valence-electron chi connectivity index (χ4n) is 2.97. The molecule has 1 aromatic carbocycles. The number of dihydropyridines is 1. The summed E-state index contributed by atoms with van der Waals surface area (Å²) in [5, 5.41) is 12.2. The summed E-state index contributed by atoms with van der Waals surface area (Å²) in [7, 11) is 1.26. The number of nitriles is 1. The average molecular weight is 409 g/mol. The number of esters is 2. The zero-order valence-electron chi connectivity index (χ0n) is 15.1. The molecule has 0 saturated carbocycles. The van der Waals surface area contributed by atoms with Gasteiger partial charge in [0.1, 0.15) is 6.61 Å². The zero-order chi connectivity index (χ0) is 20.1. The summed E-state index contributed by atoms with van der Waals surface area (Å²) in [5.74, 6) is -2.07. The molecule has 142 valence electrons. The van der Waals surface area contributed by atoms with Gasteiger partial charge in [0.25, 0.3) is 0 Å². The van der Waals surface area contributed by atoms with Crippen LogP contribution in [0.1, 0.15) is 31.7 Å². The average Bonchev–Trinajstić information content (AvgIpc) is 2.63. The number of benzene rings is 1. The predicted molar refractivity (Wildman–Crippen MR) is 101 cm³/mol. The van der Waals surface area contributed by atoms with E-state index in [4.69, 9.17) is 37.9 Å². The first kappa shape index (κ1) is 20.8. The van der Waals surface area contributed by atoms with Crippen molar-refractivity contribution in [3.8, 4) is 6.07 Å². The van der Waals surface area contributed by atoms with Crippen LogP contribution in [0.5, 0.6) is 0 Å². The van der Waals surface area contributed by atoms with Gasteiger partial charge in [0.2, 0.25) is 0 Å². The minimum Gasteiger partial charge on any atom is -0.466 e. The molecule has 1 N–H and O–H groups in total. The zero-order valence-corrected chi connectivity index (χ0v) is 16.6. The highest BCUT2D eigenvalue weighted by atomic mass is 35.5. The van der Waals surface area contributed by atoms with Crippen LogP contribution in [0, 0.1) is 11.3 Å². The normalized spacial score (nSPS) is 16.5. The molecule has 1 atom stereocenters. The van der Waals surface area contributed by atoms with Gasteiger partial charge in [0.05, 0.1) is 46.7 Å². The van der Waals surface area contributed by atoms with Crippen molar-refractivity contribution in [2.45, 2.75) is 26.2 Å². The monoisotopic (exact) mass is 408 g/mol. The molecule has 1 heterocycles. The number of nitrogens with zero attached hydrogens (tertiary/aromatic N) is 1. The maximum Gasteiger partial charge on any atom is 0.336 e. The summed E-state index contributed by atoms with van der Waals surface area (Å²) in [6.07, 6.45) is 0.0623. The highest BCUT2D eigenvalue weighted by molar-refractivity contribution is 6.42. The SMILES string of the molecule is COC(=O)C1=C(C)NC(C)=C(C(=O)OCCC#N)[C@H]1c1cccc(Cl)c1Cl. The van der Waals surface area contributed by atoms with E-state index in [9.17, 15) is 9.59 Å². The van der Waals surface area contributed by atoms with Gasteiger partial charge in [0, 0.05) is 11.4 Å². The van der Waals surface area contributed by atoms with Gasteiger partial charge in [-0.25, -0.2) is 9.59 Å². The molecule has 0 bridgehead atoms. The first-order valence-electron chi connectivity index (χ1n) is 8.08. The van der Waals surface area contributed by atoms with Crippen LogP contribution in [0.15, 0.2) is 40.7 Å². The maximum absolute atomic E-state index is 12.7. The summed E-state index contributed by atoms with van der Waals surface area (Å²) in [4.78, 5) is 25.2. The number of ether oxygens (including phenoxy) is 2. The number of hydrogen-bond donors (Lipinski definition) is 1. The fraction of sp³-hybridized carbons (Fsp3) is 0.316. The Hall–Kier alpha value is -2.49. The van der Waals surface area contributed by atoms with Crippen LogP contribution >= 0.6 is 23.2 Å². The molecule has 0 fully saturated rings. The summed E-state index contributed by atoms with van der Waals surface area (Å²) >= 11 is 12.5. The van der Waals surface area contributed by atoms with Gasteiger partial charge in [-0.15, -0.1) is 0 Å². The van der Waals surface area contributed by atoms with Crippen molar-refractivity contribution in [1.82, 2.24) is 5.32 Å². The van der Waals surface area contributed by atoms with Crippen LogP contribution in [-0.2, 0) is 19.1 Å². The number of carbonyl (C=O) groups excluding carboxylic acids is 2. The predicted octanol–water partition coefficient (Wildman–Crippen LogP) is 3.86. The Balaban J connectivity index is 2.64.